The van der Waals surface area contributed by atoms with Crippen molar-refractivity contribution in [2.24, 2.45) is 5.73 Å². The Bertz CT molecular complexity index is 139. The Morgan fingerprint density at radius 3 is 2.88 bits per heavy atom. The molecule has 0 aliphatic carbocycles. The number of allylic oxidation sites excluding steroid dienone is 2. The van der Waals surface area contributed by atoms with Crippen LogP contribution in [0.1, 0.15) is 0 Å². The van der Waals surface area contributed by atoms with E-state index in [0.717, 1.165) is 5.03 Å². The molecule has 0 aromatic heterocycles. The highest BCUT2D eigenvalue weighted by molar-refractivity contribution is 8.00. The Balaban J connectivity index is 2.59. The Morgan fingerprint density at radius 1 is 1.75 bits per heavy atom. The fourth-order valence-corrected chi connectivity index (χ4v) is 1.09. The lowest BCUT2D eigenvalue weighted by Gasteiger charge is -2.14. The zero-order chi connectivity index (χ0) is 5.98. The van der Waals surface area contributed by atoms with Crippen molar-refractivity contribution in [3.05, 3.63) is 23.4 Å². The molecule has 0 bridgehead atoms. The van der Waals surface area contributed by atoms with Crippen molar-refractivity contribution in [2.75, 3.05) is 7.05 Å². The van der Waals surface area contributed by atoms with Crippen molar-refractivity contribution in [2.45, 2.75) is 0 Å². The van der Waals surface area contributed by atoms with E-state index in [1.54, 1.807) is 0 Å². The molecule has 0 atom stereocenters. The smallest absolute Gasteiger partial charge is 0.0868 e. The van der Waals surface area contributed by atoms with E-state index in [-0.39, 0.29) is 0 Å². The van der Waals surface area contributed by atoms with Gasteiger partial charge in [-0.05, 0) is 12.2 Å². The van der Waals surface area contributed by atoms with Crippen molar-refractivity contribution in [1.29, 1.82) is 0 Å². The molecule has 1 heterocycles. The number of nitrogens with two attached hydrogens (primary N) is 1. The molecule has 0 radical (unpaired) electrons. The Morgan fingerprint density at radius 2 is 2.50 bits per heavy atom. The van der Waals surface area contributed by atoms with Crippen molar-refractivity contribution >= 4 is 11.9 Å². The molecule has 3 heteroatoms. The number of rotatable bonds is 0. The predicted octanol–water partition coefficient (Wildman–Crippen LogP) is 0.894. The summed E-state index contributed by atoms with van der Waals surface area (Å²) in [5.41, 5.74) is 5.46. The van der Waals surface area contributed by atoms with Gasteiger partial charge in [0, 0.05) is 25.2 Å². The van der Waals surface area contributed by atoms with Crippen LogP contribution in [0.5, 0.6) is 0 Å². The summed E-state index contributed by atoms with van der Waals surface area (Å²) in [6, 6.07) is 0. The number of nitrogens with zero attached hydrogens (tertiary/aromatic N) is 1. The maximum atomic E-state index is 5.46. The van der Waals surface area contributed by atoms with Gasteiger partial charge in [0.2, 0.25) is 0 Å². The first-order valence-electron chi connectivity index (χ1n) is 2.34. The highest BCUT2D eigenvalue weighted by atomic mass is 32.2. The lowest BCUT2D eigenvalue weighted by atomic mass is 10.6. The van der Waals surface area contributed by atoms with E-state index in [1.807, 2.05) is 29.7 Å². The molecule has 0 spiro atoms. The van der Waals surface area contributed by atoms with Gasteiger partial charge in [0.05, 0.1) is 5.03 Å². The van der Waals surface area contributed by atoms with E-state index in [0.29, 0.717) is 0 Å². The molecule has 0 unspecified atom stereocenters. The SMILES string of the molecule is CN1C=CC=C(N)S1. The molecule has 0 saturated heterocycles. The molecule has 0 amide bonds. The monoisotopic (exact) mass is 128 g/mol. The van der Waals surface area contributed by atoms with Crippen molar-refractivity contribution in [1.82, 2.24) is 4.31 Å². The van der Waals surface area contributed by atoms with Crippen LogP contribution in [0.4, 0.5) is 0 Å². The zero-order valence-electron chi connectivity index (χ0n) is 4.66. The van der Waals surface area contributed by atoms with E-state index in [4.69, 9.17) is 5.73 Å². The van der Waals surface area contributed by atoms with E-state index >= 15 is 0 Å². The first kappa shape index (κ1) is 5.56. The van der Waals surface area contributed by atoms with Gasteiger partial charge in [-0.2, -0.15) is 0 Å². The summed E-state index contributed by atoms with van der Waals surface area (Å²) in [4.78, 5) is 0. The van der Waals surface area contributed by atoms with Crippen LogP contribution in [0, 0.1) is 0 Å². The van der Waals surface area contributed by atoms with Gasteiger partial charge in [-0.25, -0.2) is 0 Å². The molecule has 0 fully saturated rings. The average Bonchev–Trinajstić information content (AvgIpc) is 1.64. The third-order valence-corrected chi connectivity index (χ3v) is 1.56. The summed E-state index contributed by atoms with van der Waals surface area (Å²) in [5.74, 6) is 0. The highest BCUT2D eigenvalue weighted by Gasteiger charge is 1.97. The van der Waals surface area contributed by atoms with Gasteiger partial charge in [-0.15, -0.1) is 0 Å². The molecule has 2 N–H and O–H groups in total. The number of hydrogen-bond acceptors (Lipinski definition) is 3. The van der Waals surface area contributed by atoms with Crippen LogP contribution in [-0.2, 0) is 0 Å². The van der Waals surface area contributed by atoms with Crippen LogP contribution >= 0.6 is 11.9 Å². The first-order valence-corrected chi connectivity index (χ1v) is 3.11. The predicted molar refractivity (Wildman–Crippen MR) is 36.8 cm³/mol. The average molecular weight is 128 g/mol. The summed E-state index contributed by atoms with van der Waals surface area (Å²) < 4.78 is 1.95. The molecule has 2 nitrogen and oxygen atoms in total. The molecular formula is C5H8N2S. The van der Waals surface area contributed by atoms with Crippen LogP contribution < -0.4 is 5.73 Å². The summed E-state index contributed by atoms with van der Waals surface area (Å²) in [5, 5.41) is 0.843. The molecule has 44 valence electrons. The normalized spacial score (nSPS) is 18.6. The third kappa shape index (κ3) is 1.20. The van der Waals surface area contributed by atoms with E-state index in [1.165, 1.54) is 11.9 Å². The molecular weight excluding hydrogens is 120 g/mol. The van der Waals surface area contributed by atoms with Crippen LogP contribution in [0.15, 0.2) is 23.4 Å². The van der Waals surface area contributed by atoms with Gasteiger partial charge in [0.25, 0.3) is 0 Å². The topological polar surface area (TPSA) is 29.3 Å². The van der Waals surface area contributed by atoms with Crippen LogP contribution in [0.25, 0.3) is 0 Å². The fraction of sp³-hybridized carbons (Fsp3) is 0.200. The van der Waals surface area contributed by atoms with Crippen molar-refractivity contribution in [3.8, 4) is 0 Å². The van der Waals surface area contributed by atoms with E-state index in [9.17, 15) is 0 Å². The second kappa shape index (κ2) is 2.13. The van der Waals surface area contributed by atoms with Gasteiger partial charge < -0.3 is 10.0 Å². The third-order valence-electron chi connectivity index (χ3n) is 0.806. The Labute approximate surface area is 53.2 Å². The van der Waals surface area contributed by atoms with Crippen LogP contribution in [-0.4, -0.2) is 11.4 Å². The molecule has 0 aromatic rings. The van der Waals surface area contributed by atoms with Gasteiger partial charge in [0.1, 0.15) is 0 Å². The second-order valence-corrected chi connectivity index (χ2v) is 2.78. The second-order valence-electron chi connectivity index (χ2n) is 1.55. The van der Waals surface area contributed by atoms with E-state index < -0.39 is 0 Å². The maximum Gasteiger partial charge on any atom is 0.0868 e. The molecule has 8 heavy (non-hydrogen) atoms. The standard InChI is InChI=1S/C5H8N2S/c1-7-4-2-3-5(6)8-7/h2-4H,6H2,1H3. The summed E-state index contributed by atoms with van der Waals surface area (Å²) in [6.45, 7) is 0. The van der Waals surface area contributed by atoms with Gasteiger partial charge in [0.15, 0.2) is 0 Å². The minimum atomic E-state index is 0.843. The zero-order valence-corrected chi connectivity index (χ0v) is 5.48. The highest BCUT2D eigenvalue weighted by Crippen LogP contribution is 2.17. The molecule has 0 aromatic carbocycles. The van der Waals surface area contributed by atoms with Crippen molar-refractivity contribution in [3.63, 3.8) is 0 Å². The Kier molecular flexibility index (Phi) is 1.48. The Hall–Kier alpha value is -0.570. The van der Waals surface area contributed by atoms with Crippen LogP contribution in [0.3, 0.4) is 0 Å². The molecule has 0 saturated carbocycles. The lowest BCUT2D eigenvalue weighted by Crippen LogP contribution is -2.06. The first-order chi connectivity index (χ1) is 3.79. The quantitative estimate of drug-likeness (QED) is 0.491. The summed E-state index contributed by atoms with van der Waals surface area (Å²) in [7, 11) is 1.96. The van der Waals surface area contributed by atoms with Gasteiger partial charge in [-0.1, -0.05) is 0 Å². The minimum absolute atomic E-state index is 0.843. The molecule has 1 aliphatic rings. The number of hydrogen-bond donors (Lipinski definition) is 1. The van der Waals surface area contributed by atoms with E-state index in [2.05, 4.69) is 0 Å². The summed E-state index contributed by atoms with van der Waals surface area (Å²) >= 11 is 1.53. The largest absolute Gasteiger partial charge is 0.392 e. The molecule has 1 rings (SSSR count). The van der Waals surface area contributed by atoms with Crippen LogP contribution in [0.2, 0.25) is 0 Å². The van der Waals surface area contributed by atoms with Gasteiger partial charge in [-0.3, -0.25) is 0 Å². The van der Waals surface area contributed by atoms with Gasteiger partial charge >= 0.3 is 0 Å². The lowest BCUT2D eigenvalue weighted by molar-refractivity contribution is 0.774. The fourth-order valence-electron chi connectivity index (χ4n) is 0.486. The molecule has 1 aliphatic heterocycles. The maximum absolute atomic E-state index is 5.46. The minimum Gasteiger partial charge on any atom is -0.392 e. The van der Waals surface area contributed by atoms with Crippen molar-refractivity contribution < 1.29 is 0 Å². The summed E-state index contributed by atoms with van der Waals surface area (Å²) in [6.07, 6.45) is 5.76.